The zero-order chi connectivity index (χ0) is 12.4. The van der Waals surface area contributed by atoms with Crippen molar-refractivity contribution in [3.63, 3.8) is 0 Å². The van der Waals surface area contributed by atoms with Crippen molar-refractivity contribution >= 4 is 16.5 Å². The van der Waals surface area contributed by atoms with Gasteiger partial charge in [-0.05, 0) is 18.6 Å². The van der Waals surface area contributed by atoms with Crippen molar-refractivity contribution in [3.05, 3.63) is 36.7 Å². The molecule has 2 heterocycles. The lowest BCUT2D eigenvalue weighted by Crippen LogP contribution is -2.50. The number of benzene rings is 1. The fourth-order valence-corrected chi connectivity index (χ4v) is 2.70. The Kier molecular flexibility index (Phi) is 3.15. The van der Waals surface area contributed by atoms with Crippen molar-refractivity contribution in [3.8, 4) is 0 Å². The summed E-state index contributed by atoms with van der Waals surface area (Å²) in [7, 11) is 0. The van der Waals surface area contributed by atoms with Crippen LogP contribution >= 0.6 is 0 Å². The van der Waals surface area contributed by atoms with E-state index in [9.17, 15) is 0 Å². The van der Waals surface area contributed by atoms with E-state index in [1.54, 1.807) is 0 Å². The third-order valence-electron chi connectivity index (χ3n) is 3.75. The van der Waals surface area contributed by atoms with Gasteiger partial charge in [0.25, 0.3) is 0 Å². The van der Waals surface area contributed by atoms with E-state index < -0.39 is 0 Å². The summed E-state index contributed by atoms with van der Waals surface area (Å²) >= 11 is 0. The maximum Gasteiger partial charge on any atom is 0.0448 e. The van der Waals surface area contributed by atoms with Gasteiger partial charge in [-0.15, -0.1) is 0 Å². The average molecular weight is 241 g/mol. The van der Waals surface area contributed by atoms with Gasteiger partial charge in [0.15, 0.2) is 0 Å². The molecule has 0 saturated carbocycles. The molecule has 3 heteroatoms. The number of aromatic nitrogens is 1. The summed E-state index contributed by atoms with van der Waals surface area (Å²) in [5.41, 5.74) is 1.34. The van der Waals surface area contributed by atoms with Gasteiger partial charge in [0.05, 0.1) is 0 Å². The van der Waals surface area contributed by atoms with Crippen LogP contribution in [0.5, 0.6) is 0 Å². The fourth-order valence-electron chi connectivity index (χ4n) is 2.70. The third kappa shape index (κ3) is 2.06. The Hall–Kier alpha value is -1.61. The predicted molar refractivity (Wildman–Crippen MR) is 76.0 cm³/mol. The molecule has 1 aliphatic rings. The number of rotatable bonds is 2. The number of fused-ring (bicyclic) bond motifs is 1. The van der Waals surface area contributed by atoms with E-state index in [1.807, 2.05) is 12.4 Å². The van der Waals surface area contributed by atoms with Crippen molar-refractivity contribution in [2.45, 2.75) is 19.4 Å². The number of nitrogens with one attached hydrogen (secondary N) is 1. The van der Waals surface area contributed by atoms with Crippen LogP contribution in [0.4, 0.5) is 5.69 Å². The van der Waals surface area contributed by atoms with E-state index in [4.69, 9.17) is 0 Å². The van der Waals surface area contributed by atoms with Crippen LogP contribution in [0.2, 0.25) is 0 Å². The topological polar surface area (TPSA) is 28.2 Å². The van der Waals surface area contributed by atoms with E-state index in [0.717, 1.165) is 19.6 Å². The second-order valence-corrected chi connectivity index (χ2v) is 4.88. The van der Waals surface area contributed by atoms with Crippen molar-refractivity contribution in [2.24, 2.45) is 0 Å². The summed E-state index contributed by atoms with van der Waals surface area (Å²) < 4.78 is 0. The minimum atomic E-state index is 0.607. The maximum atomic E-state index is 4.20. The SMILES string of the molecule is CCC1CN(c2cccc3cnccc23)CCN1. The molecule has 0 bridgehead atoms. The van der Waals surface area contributed by atoms with Crippen LogP contribution in [0.15, 0.2) is 36.7 Å². The van der Waals surface area contributed by atoms with Gasteiger partial charge in [0.2, 0.25) is 0 Å². The molecule has 0 amide bonds. The van der Waals surface area contributed by atoms with E-state index in [-0.39, 0.29) is 0 Å². The molecule has 1 atom stereocenters. The Morgan fingerprint density at radius 3 is 3.22 bits per heavy atom. The number of pyridine rings is 1. The Morgan fingerprint density at radius 1 is 1.39 bits per heavy atom. The molecule has 3 nitrogen and oxygen atoms in total. The molecule has 1 aromatic carbocycles. The summed E-state index contributed by atoms with van der Waals surface area (Å²) in [5.74, 6) is 0. The van der Waals surface area contributed by atoms with Crippen LogP contribution in [0.25, 0.3) is 10.8 Å². The van der Waals surface area contributed by atoms with Crippen LogP contribution in [-0.4, -0.2) is 30.7 Å². The first-order valence-electron chi connectivity index (χ1n) is 6.69. The molecule has 0 radical (unpaired) electrons. The summed E-state index contributed by atoms with van der Waals surface area (Å²) in [6.45, 7) is 5.49. The molecule has 2 aromatic rings. The number of anilines is 1. The summed E-state index contributed by atoms with van der Waals surface area (Å²) in [5, 5.41) is 6.10. The Morgan fingerprint density at radius 2 is 2.33 bits per heavy atom. The molecule has 0 aliphatic carbocycles. The van der Waals surface area contributed by atoms with Gasteiger partial charge in [0.1, 0.15) is 0 Å². The lowest BCUT2D eigenvalue weighted by molar-refractivity contribution is 0.447. The highest BCUT2D eigenvalue weighted by molar-refractivity contribution is 5.93. The average Bonchev–Trinajstić information content (AvgIpc) is 2.47. The third-order valence-corrected chi connectivity index (χ3v) is 3.75. The molecule has 1 N–H and O–H groups in total. The summed E-state index contributed by atoms with van der Waals surface area (Å²) in [6, 6.07) is 9.21. The van der Waals surface area contributed by atoms with Crippen LogP contribution in [-0.2, 0) is 0 Å². The molecule has 0 spiro atoms. The summed E-state index contributed by atoms with van der Waals surface area (Å²) in [4.78, 5) is 6.69. The highest BCUT2D eigenvalue weighted by Crippen LogP contribution is 2.26. The molecule has 1 aromatic heterocycles. The summed E-state index contributed by atoms with van der Waals surface area (Å²) in [6.07, 6.45) is 5.01. The predicted octanol–water partition coefficient (Wildman–Crippen LogP) is 2.42. The quantitative estimate of drug-likeness (QED) is 0.875. The van der Waals surface area contributed by atoms with Crippen molar-refractivity contribution in [1.29, 1.82) is 0 Å². The van der Waals surface area contributed by atoms with Crippen molar-refractivity contribution in [2.75, 3.05) is 24.5 Å². The van der Waals surface area contributed by atoms with E-state index in [1.165, 1.54) is 22.9 Å². The highest BCUT2D eigenvalue weighted by Gasteiger charge is 2.19. The molecular formula is C15H19N3. The van der Waals surface area contributed by atoms with Gasteiger partial charge in [-0.1, -0.05) is 19.1 Å². The minimum Gasteiger partial charge on any atom is -0.368 e. The molecule has 94 valence electrons. The smallest absolute Gasteiger partial charge is 0.0448 e. The Bertz CT molecular complexity index is 533. The van der Waals surface area contributed by atoms with Crippen LogP contribution in [0.3, 0.4) is 0 Å². The number of hydrogen-bond donors (Lipinski definition) is 1. The molecule has 1 unspecified atom stereocenters. The van der Waals surface area contributed by atoms with Gasteiger partial charge < -0.3 is 10.2 Å². The maximum absolute atomic E-state index is 4.20. The normalized spacial score (nSPS) is 20.3. The molecule has 18 heavy (non-hydrogen) atoms. The zero-order valence-corrected chi connectivity index (χ0v) is 10.8. The molecule has 3 rings (SSSR count). The number of nitrogens with zero attached hydrogens (tertiary/aromatic N) is 2. The van der Waals surface area contributed by atoms with Crippen LogP contribution in [0.1, 0.15) is 13.3 Å². The minimum absolute atomic E-state index is 0.607. The Labute approximate surface area is 108 Å². The first-order chi connectivity index (χ1) is 8.88. The largest absolute Gasteiger partial charge is 0.368 e. The van der Waals surface area contributed by atoms with E-state index >= 15 is 0 Å². The first kappa shape index (κ1) is 11.5. The van der Waals surface area contributed by atoms with Gasteiger partial charge in [0, 0.05) is 54.5 Å². The molecular weight excluding hydrogens is 222 g/mol. The lowest BCUT2D eigenvalue weighted by atomic mass is 10.1. The van der Waals surface area contributed by atoms with E-state index in [0.29, 0.717) is 6.04 Å². The van der Waals surface area contributed by atoms with E-state index in [2.05, 4.69) is 46.4 Å². The molecule has 1 fully saturated rings. The van der Waals surface area contributed by atoms with Gasteiger partial charge in [-0.25, -0.2) is 0 Å². The van der Waals surface area contributed by atoms with Gasteiger partial charge in [-0.3, -0.25) is 4.98 Å². The van der Waals surface area contributed by atoms with Crippen LogP contribution in [0, 0.1) is 0 Å². The first-order valence-corrected chi connectivity index (χ1v) is 6.69. The lowest BCUT2D eigenvalue weighted by Gasteiger charge is -2.35. The Balaban J connectivity index is 1.98. The molecule has 1 aliphatic heterocycles. The second-order valence-electron chi connectivity index (χ2n) is 4.88. The monoisotopic (exact) mass is 241 g/mol. The number of piperazine rings is 1. The number of hydrogen-bond acceptors (Lipinski definition) is 3. The zero-order valence-electron chi connectivity index (χ0n) is 10.8. The van der Waals surface area contributed by atoms with Crippen molar-refractivity contribution in [1.82, 2.24) is 10.3 Å². The highest BCUT2D eigenvalue weighted by atomic mass is 15.2. The molecule has 1 saturated heterocycles. The second kappa shape index (κ2) is 4.94. The fraction of sp³-hybridized carbons (Fsp3) is 0.400. The van der Waals surface area contributed by atoms with Gasteiger partial charge >= 0.3 is 0 Å². The van der Waals surface area contributed by atoms with Gasteiger partial charge in [-0.2, -0.15) is 0 Å². The van der Waals surface area contributed by atoms with Crippen LogP contribution < -0.4 is 10.2 Å². The van der Waals surface area contributed by atoms with Crippen molar-refractivity contribution < 1.29 is 0 Å². The standard InChI is InChI=1S/C15H19N3/c1-2-13-11-18(9-8-17-13)15-5-3-4-12-10-16-7-6-14(12)15/h3-7,10,13,17H,2,8-9,11H2,1H3.